The van der Waals surface area contributed by atoms with Crippen LogP contribution in [0.1, 0.15) is 208 Å². The number of nitrogens with zero attached hydrogens (tertiary/aromatic N) is 1. The maximum atomic E-state index is 13.9. The number of likely N-dealkylation sites (tertiary alicyclic amines) is 1. The monoisotopic (exact) mass is 996 g/mol. The van der Waals surface area contributed by atoms with Gasteiger partial charge in [0.05, 0.1) is 51.3 Å². The first kappa shape index (κ1) is 62.3. The predicted molar refractivity (Wildman–Crippen MR) is 264 cm³/mol. The third kappa shape index (κ3) is 28.3. The Morgan fingerprint density at radius 3 is 1.24 bits per heavy atom. The topological polar surface area (TPSA) is 197 Å². The van der Waals surface area contributed by atoms with Crippen molar-refractivity contribution in [2.75, 3.05) is 59.8 Å². The van der Waals surface area contributed by atoms with Gasteiger partial charge in [-0.3, -0.25) is 33.6 Å². The fourth-order valence-corrected chi connectivity index (χ4v) is 8.58. The number of hydrogen-bond donors (Lipinski definition) is 0. The van der Waals surface area contributed by atoms with Gasteiger partial charge in [-0.2, -0.15) is 0 Å². The number of rotatable bonds is 41. The first-order chi connectivity index (χ1) is 33.7. The molecule has 0 aromatic heterocycles. The molecule has 2 aliphatic rings. The van der Waals surface area contributed by atoms with Crippen molar-refractivity contribution in [2.45, 2.75) is 226 Å². The summed E-state index contributed by atoms with van der Waals surface area (Å²) in [6.07, 6.45) is 16.7. The highest BCUT2D eigenvalue weighted by molar-refractivity contribution is 5.77. The molecule has 16 heteroatoms. The van der Waals surface area contributed by atoms with Crippen LogP contribution in [0.3, 0.4) is 0 Å². The van der Waals surface area contributed by atoms with E-state index in [0.29, 0.717) is 38.6 Å². The fraction of sp³-hybridized carbons (Fsp3) is 0.870. The van der Waals surface area contributed by atoms with E-state index in [9.17, 15) is 33.6 Å². The largest absolute Gasteiger partial charge is 0.465 e. The first-order valence-corrected chi connectivity index (χ1v) is 27.2. The van der Waals surface area contributed by atoms with Gasteiger partial charge in [0.25, 0.3) is 0 Å². The van der Waals surface area contributed by atoms with Gasteiger partial charge in [0.1, 0.15) is 12.7 Å². The highest BCUT2D eigenvalue weighted by Gasteiger charge is 2.46. The minimum atomic E-state index is -1.21. The summed E-state index contributed by atoms with van der Waals surface area (Å²) in [6.45, 7) is 10.3. The Kier molecular flexibility index (Phi) is 33.8. The molecule has 0 N–H and O–H groups in total. The smallest absolute Gasteiger partial charge is 0.313 e. The molecule has 0 spiro atoms. The van der Waals surface area contributed by atoms with E-state index in [1.54, 1.807) is 0 Å². The van der Waals surface area contributed by atoms with Gasteiger partial charge < -0.3 is 42.8 Å². The van der Waals surface area contributed by atoms with Crippen LogP contribution in [0, 0.1) is 17.3 Å². The number of unbranched alkanes of at least 4 members (excludes halogenated alkanes) is 16. The number of hydrogen-bond acceptors (Lipinski definition) is 16. The van der Waals surface area contributed by atoms with Crippen molar-refractivity contribution in [3.05, 3.63) is 0 Å². The molecule has 0 radical (unpaired) electrons. The van der Waals surface area contributed by atoms with E-state index in [1.807, 2.05) is 18.9 Å². The Hall–Kier alpha value is -3.79. The van der Waals surface area contributed by atoms with Crippen LogP contribution in [-0.2, 0) is 71.5 Å². The van der Waals surface area contributed by atoms with Gasteiger partial charge >= 0.3 is 41.8 Å². The molecule has 0 saturated carbocycles. The van der Waals surface area contributed by atoms with Gasteiger partial charge in [-0.25, -0.2) is 0 Å². The van der Waals surface area contributed by atoms with Crippen molar-refractivity contribution in [1.82, 2.24) is 4.90 Å². The van der Waals surface area contributed by atoms with Gasteiger partial charge in [0, 0.05) is 44.1 Å². The third-order valence-corrected chi connectivity index (χ3v) is 13.1. The minimum Gasteiger partial charge on any atom is -0.465 e. The molecular formula is C54H93NO15. The maximum Gasteiger partial charge on any atom is 0.313 e. The summed E-state index contributed by atoms with van der Waals surface area (Å²) in [4.78, 5) is 93.9. The average Bonchev–Trinajstić information content (AvgIpc) is 3.89. The summed E-state index contributed by atoms with van der Waals surface area (Å²) in [6, 6.07) is 0. The van der Waals surface area contributed by atoms with Crippen LogP contribution < -0.4 is 0 Å². The lowest BCUT2D eigenvalue weighted by Crippen LogP contribution is -2.42. The molecule has 2 saturated heterocycles. The first-order valence-electron chi connectivity index (χ1n) is 27.2. The van der Waals surface area contributed by atoms with Crippen LogP contribution in [-0.4, -0.2) is 125 Å². The van der Waals surface area contributed by atoms with Crippen molar-refractivity contribution < 1.29 is 71.5 Å². The molecule has 2 unspecified atom stereocenters. The van der Waals surface area contributed by atoms with Gasteiger partial charge in [-0.05, 0) is 52.6 Å². The predicted octanol–water partition coefficient (Wildman–Crippen LogP) is 9.72. The van der Waals surface area contributed by atoms with Crippen LogP contribution in [0.25, 0.3) is 0 Å². The summed E-state index contributed by atoms with van der Waals surface area (Å²) in [5.74, 6) is -5.01. The summed E-state index contributed by atoms with van der Waals surface area (Å²) in [7, 11) is 1.93. The second-order valence-electron chi connectivity index (χ2n) is 20.0. The Morgan fingerprint density at radius 2 is 0.886 bits per heavy atom. The van der Waals surface area contributed by atoms with Crippen molar-refractivity contribution in [2.24, 2.45) is 17.3 Å². The Labute approximate surface area is 420 Å². The van der Waals surface area contributed by atoms with E-state index in [0.717, 1.165) is 109 Å². The normalized spacial score (nSPS) is 19.0. The van der Waals surface area contributed by atoms with E-state index in [1.165, 1.54) is 0 Å². The number of esters is 7. The Balaban J connectivity index is 2.22. The van der Waals surface area contributed by atoms with E-state index >= 15 is 0 Å². The summed E-state index contributed by atoms with van der Waals surface area (Å²) in [5.41, 5.74) is -0.746. The Morgan fingerprint density at radius 1 is 0.514 bits per heavy atom. The van der Waals surface area contributed by atoms with E-state index in [-0.39, 0.29) is 78.2 Å². The minimum absolute atomic E-state index is 0.174. The van der Waals surface area contributed by atoms with Crippen LogP contribution >= 0.6 is 0 Å². The summed E-state index contributed by atoms with van der Waals surface area (Å²) >= 11 is 0. The molecule has 404 valence electrons. The van der Waals surface area contributed by atoms with Crippen molar-refractivity contribution in [1.29, 1.82) is 0 Å². The SMILES string of the molecule is CCCCCCCC(=O)OCC(COC(=O)CCCCCCC)CC(=O)O[C@H]1COC(COC(=O)C2(C)CCN(C)C2)[C@@H]1OC(=O)CC(COC(=O)CCCCCCC)COC(=O)CCCCCCC. The molecule has 0 aliphatic carbocycles. The molecule has 2 fully saturated rings. The van der Waals surface area contributed by atoms with Crippen molar-refractivity contribution in [3.63, 3.8) is 0 Å². The zero-order valence-corrected chi connectivity index (χ0v) is 44.2. The summed E-state index contributed by atoms with van der Waals surface area (Å²) < 4.78 is 46.0. The maximum absolute atomic E-state index is 13.9. The van der Waals surface area contributed by atoms with Crippen molar-refractivity contribution >= 4 is 41.8 Å². The molecule has 0 amide bonds. The molecule has 16 nitrogen and oxygen atoms in total. The molecule has 0 bridgehead atoms. The lowest BCUT2D eigenvalue weighted by atomic mass is 9.90. The molecule has 0 aromatic carbocycles. The van der Waals surface area contributed by atoms with E-state index in [4.69, 9.17) is 37.9 Å². The van der Waals surface area contributed by atoms with Crippen LogP contribution in [0.15, 0.2) is 0 Å². The number of carbonyl (C=O) groups is 7. The molecule has 70 heavy (non-hydrogen) atoms. The lowest BCUT2D eigenvalue weighted by Gasteiger charge is -2.26. The standard InChI is InChI=1S/C54H93NO15/c1-7-11-15-19-23-27-46(56)64-35-42(36-65-47(57)28-24-20-16-12-8-2)33-50(60)69-45-40-63-44(39-68-53(62)54(5)31-32-55(6)41-54)52(45)70-51(61)34-43(37-66-48(58)29-25-21-17-13-9-3)38-67-49(59)30-26-22-18-14-10-4/h42-45,52H,7-41H2,1-6H3/t44?,45-,52-,54?/m0/s1. The number of ether oxygens (including phenoxy) is 8. The van der Waals surface area contributed by atoms with E-state index < -0.39 is 77.3 Å². The van der Waals surface area contributed by atoms with E-state index in [2.05, 4.69) is 27.7 Å². The second-order valence-corrected chi connectivity index (χ2v) is 20.0. The van der Waals surface area contributed by atoms with Crippen LogP contribution in [0.4, 0.5) is 0 Å². The molecule has 2 aliphatic heterocycles. The molecule has 2 heterocycles. The zero-order valence-electron chi connectivity index (χ0n) is 44.2. The highest BCUT2D eigenvalue weighted by atomic mass is 16.6. The lowest BCUT2D eigenvalue weighted by molar-refractivity contribution is -0.172. The fourth-order valence-electron chi connectivity index (χ4n) is 8.58. The molecular weight excluding hydrogens is 903 g/mol. The quantitative estimate of drug-likeness (QED) is 0.0318. The van der Waals surface area contributed by atoms with Gasteiger partial charge in [0.2, 0.25) is 0 Å². The van der Waals surface area contributed by atoms with Crippen LogP contribution in [0.5, 0.6) is 0 Å². The molecule has 4 atom stereocenters. The van der Waals surface area contributed by atoms with Gasteiger partial charge in [-0.15, -0.1) is 0 Å². The van der Waals surface area contributed by atoms with Gasteiger partial charge in [0.15, 0.2) is 12.2 Å². The molecule has 2 rings (SSSR count). The Bertz CT molecular complexity index is 1450. The average molecular weight is 996 g/mol. The summed E-state index contributed by atoms with van der Waals surface area (Å²) in [5, 5.41) is 0. The number of carbonyl (C=O) groups excluding carboxylic acids is 7. The highest BCUT2D eigenvalue weighted by Crippen LogP contribution is 2.31. The second kappa shape index (κ2) is 37.9. The van der Waals surface area contributed by atoms with Crippen molar-refractivity contribution in [3.8, 4) is 0 Å². The van der Waals surface area contributed by atoms with Crippen LogP contribution in [0.2, 0.25) is 0 Å². The zero-order chi connectivity index (χ0) is 51.4. The van der Waals surface area contributed by atoms with Gasteiger partial charge in [-0.1, -0.05) is 130 Å². The third-order valence-electron chi connectivity index (χ3n) is 13.1. The molecule has 0 aromatic rings.